The fourth-order valence-electron chi connectivity index (χ4n) is 0.794. The highest BCUT2D eigenvalue weighted by Crippen LogP contribution is 2.15. The first-order chi connectivity index (χ1) is 6.13. The Bertz CT molecular complexity index is 330. The molecule has 0 aliphatic carbocycles. The summed E-state index contributed by atoms with van der Waals surface area (Å²) in [6.07, 6.45) is 1.22. The van der Waals surface area contributed by atoms with Crippen molar-refractivity contribution in [2.45, 2.75) is 6.42 Å². The number of aromatic nitrogens is 1. The number of nitrogens with zero attached hydrogens (tertiary/aromatic N) is 1. The zero-order chi connectivity index (χ0) is 9.84. The molecule has 0 saturated heterocycles. The molecule has 1 aromatic heterocycles. The zero-order valence-electron chi connectivity index (χ0n) is 6.88. The Morgan fingerprint density at radius 3 is 3.00 bits per heavy atom. The van der Waals surface area contributed by atoms with Crippen molar-refractivity contribution in [3.05, 3.63) is 28.8 Å². The van der Waals surface area contributed by atoms with E-state index in [2.05, 4.69) is 9.72 Å². The van der Waals surface area contributed by atoms with Gasteiger partial charge in [0, 0.05) is 17.8 Å². The van der Waals surface area contributed by atoms with Gasteiger partial charge in [-0.15, -0.1) is 0 Å². The number of rotatable bonds is 2. The maximum absolute atomic E-state index is 12.5. The van der Waals surface area contributed by atoms with Gasteiger partial charge in [-0.3, -0.25) is 4.79 Å². The van der Waals surface area contributed by atoms with E-state index in [-0.39, 0.29) is 11.4 Å². The Balaban J connectivity index is 2.83. The quantitative estimate of drug-likeness (QED) is 0.541. The van der Waals surface area contributed by atoms with Gasteiger partial charge in [0.1, 0.15) is 0 Å². The van der Waals surface area contributed by atoms with E-state index in [0.717, 1.165) is 6.07 Å². The first kappa shape index (κ1) is 9.92. The number of esters is 1. The third-order valence-corrected chi connectivity index (χ3v) is 1.81. The van der Waals surface area contributed by atoms with E-state index in [0.29, 0.717) is 5.56 Å². The molecule has 1 heterocycles. The summed E-state index contributed by atoms with van der Waals surface area (Å²) < 4.78 is 16.9. The molecule has 0 amide bonds. The van der Waals surface area contributed by atoms with Gasteiger partial charge in [-0.05, 0) is 0 Å². The van der Waals surface area contributed by atoms with Crippen LogP contribution >= 0.6 is 11.6 Å². The van der Waals surface area contributed by atoms with Crippen molar-refractivity contribution in [2.24, 2.45) is 0 Å². The first-order valence-electron chi connectivity index (χ1n) is 3.50. The number of methoxy groups -OCH3 is 1. The largest absolute Gasteiger partial charge is 0.469 e. The highest BCUT2D eigenvalue weighted by atomic mass is 35.5. The lowest BCUT2D eigenvalue weighted by molar-refractivity contribution is -0.139. The molecule has 13 heavy (non-hydrogen) atoms. The van der Waals surface area contributed by atoms with Gasteiger partial charge in [-0.1, -0.05) is 11.6 Å². The summed E-state index contributed by atoms with van der Waals surface area (Å²) in [6.45, 7) is 0. The average Bonchev–Trinajstić information content (AvgIpc) is 2.09. The lowest BCUT2D eigenvalue weighted by atomic mass is 10.2. The molecule has 1 rings (SSSR count). The highest BCUT2D eigenvalue weighted by molar-refractivity contribution is 6.31. The summed E-state index contributed by atoms with van der Waals surface area (Å²) in [4.78, 5) is 14.2. The van der Waals surface area contributed by atoms with Crippen LogP contribution in [0.5, 0.6) is 0 Å². The fraction of sp³-hybridized carbons (Fsp3) is 0.250. The molecule has 0 aromatic carbocycles. The van der Waals surface area contributed by atoms with Crippen LogP contribution in [0.25, 0.3) is 0 Å². The standard InChI is InChI=1S/C8H7ClFNO2/c1-13-8(12)2-5-4-11-7(10)3-6(5)9/h3-4H,2H2,1H3. The fourth-order valence-corrected chi connectivity index (χ4v) is 0.999. The molecule has 0 spiro atoms. The highest BCUT2D eigenvalue weighted by Gasteiger charge is 2.08. The maximum Gasteiger partial charge on any atom is 0.310 e. The summed E-state index contributed by atoms with van der Waals surface area (Å²) in [5, 5.41) is 0.179. The summed E-state index contributed by atoms with van der Waals surface area (Å²) >= 11 is 5.64. The van der Waals surface area contributed by atoms with E-state index in [1.165, 1.54) is 13.3 Å². The van der Waals surface area contributed by atoms with Crippen molar-refractivity contribution in [2.75, 3.05) is 7.11 Å². The molecule has 0 N–H and O–H groups in total. The normalized spacial score (nSPS) is 9.77. The van der Waals surface area contributed by atoms with E-state index < -0.39 is 11.9 Å². The van der Waals surface area contributed by atoms with Crippen LogP contribution in [0.3, 0.4) is 0 Å². The second kappa shape index (κ2) is 4.18. The van der Waals surface area contributed by atoms with E-state index in [9.17, 15) is 9.18 Å². The van der Waals surface area contributed by atoms with Crippen LogP contribution in [0.1, 0.15) is 5.56 Å². The second-order valence-corrected chi connectivity index (χ2v) is 2.76. The summed E-state index contributed by atoms with van der Waals surface area (Å²) in [7, 11) is 1.27. The summed E-state index contributed by atoms with van der Waals surface area (Å²) in [5.41, 5.74) is 0.454. The summed E-state index contributed by atoms with van der Waals surface area (Å²) in [6, 6.07) is 1.06. The van der Waals surface area contributed by atoms with Crippen molar-refractivity contribution < 1.29 is 13.9 Å². The Hall–Kier alpha value is -1.16. The molecule has 0 saturated carbocycles. The third kappa shape index (κ3) is 2.66. The number of halogens is 2. The number of pyridine rings is 1. The molecular weight excluding hydrogens is 197 g/mol. The van der Waals surface area contributed by atoms with Crippen molar-refractivity contribution in [1.29, 1.82) is 0 Å². The van der Waals surface area contributed by atoms with Crippen LogP contribution in [-0.2, 0) is 16.0 Å². The lowest BCUT2D eigenvalue weighted by Crippen LogP contribution is -2.05. The van der Waals surface area contributed by atoms with Gasteiger partial charge in [0.25, 0.3) is 0 Å². The first-order valence-corrected chi connectivity index (χ1v) is 3.88. The average molecular weight is 204 g/mol. The molecule has 0 radical (unpaired) electrons. The number of hydrogen-bond donors (Lipinski definition) is 0. The minimum absolute atomic E-state index is 0.00259. The topological polar surface area (TPSA) is 39.2 Å². The zero-order valence-corrected chi connectivity index (χ0v) is 7.64. The molecule has 0 unspecified atom stereocenters. The number of carbonyl (C=O) groups excluding carboxylic acids is 1. The van der Waals surface area contributed by atoms with Crippen molar-refractivity contribution in [1.82, 2.24) is 4.98 Å². The summed E-state index contributed by atoms with van der Waals surface area (Å²) in [5.74, 6) is -1.10. The number of ether oxygens (including phenoxy) is 1. The molecular formula is C8H7ClFNO2. The number of hydrogen-bond acceptors (Lipinski definition) is 3. The molecule has 70 valence electrons. The Morgan fingerprint density at radius 1 is 1.77 bits per heavy atom. The Labute approximate surface area is 79.5 Å². The molecule has 0 atom stereocenters. The minimum Gasteiger partial charge on any atom is -0.469 e. The molecule has 0 fully saturated rings. The molecule has 5 heteroatoms. The van der Waals surface area contributed by atoms with Crippen LogP contribution in [-0.4, -0.2) is 18.1 Å². The molecule has 1 aromatic rings. The molecule has 0 bridgehead atoms. The van der Waals surface area contributed by atoms with Crippen LogP contribution in [0.4, 0.5) is 4.39 Å². The number of carbonyl (C=O) groups is 1. The van der Waals surface area contributed by atoms with E-state index in [1.807, 2.05) is 0 Å². The monoisotopic (exact) mass is 203 g/mol. The van der Waals surface area contributed by atoms with Crippen molar-refractivity contribution in [3.63, 3.8) is 0 Å². The van der Waals surface area contributed by atoms with Gasteiger partial charge in [-0.25, -0.2) is 4.98 Å². The second-order valence-electron chi connectivity index (χ2n) is 2.35. The predicted octanol–water partition coefficient (Wildman–Crippen LogP) is 1.59. The van der Waals surface area contributed by atoms with Gasteiger partial charge in [0.05, 0.1) is 18.6 Å². The van der Waals surface area contributed by atoms with Crippen molar-refractivity contribution >= 4 is 17.6 Å². The van der Waals surface area contributed by atoms with Crippen LogP contribution in [0.15, 0.2) is 12.3 Å². The van der Waals surface area contributed by atoms with Gasteiger partial charge >= 0.3 is 5.97 Å². The van der Waals surface area contributed by atoms with E-state index >= 15 is 0 Å². The molecule has 3 nitrogen and oxygen atoms in total. The van der Waals surface area contributed by atoms with Crippen LogP contribution in [0.2, 0.25) is 5.02 Å². The predicted molar refractivity (Wildman–Crippen MR) is 44.9 cm³/mol. The van der Waals surface area contributed by atoms with Crippen LogP contribution < -0.4 is 0 Å². The third-order valence-electron chi connectivity index (χ3n) is 1.46. The van der Waals surface area contributed by atoms with Gasteiger partial charge in [0.2, 0.25) is 5.95 Å². The molecule has 0 aliphatic rings. The Morgan fingerprint density at radius 2 is 2.46 bits per heavy atom. The molecule has 0 aliphatic heterocycles. The van der Waals surface area contributed by atoms with Gasteiger partial charge < -0.3 is 4.74 Å². The van der Waals surface area contributed by atoms with Gasteiger partial charge in [0.15, 0.2) is 0 Å². The maximum atomic E-state index is 12.5. The van der Waals surface area contributed by atoms with Gasteiger partial charge in [-0.2, -0.15) is 4.39 Å². The van der Waals surface area contributed by atoms with Crippen molar-refractivity contribution in [3.8, 4) is 0 Å². The SMILES string of the molecule is COC(=O)Cc1cnc(F)cc1Cl. The van der Waals surface area contributed by atoms with E-state index in [1.54, 1.807) is 0 Å². The Kier molecular flexibility index (Phi) is 3.19. The minimum atomic E-state index is -0.668. The lowest BCUT2D eigenvalue weighted by Gasteiger charge is -2.01. The smallest absolute Gasteiger partial charge is 0.310 e. The van der Waals surface area contributed by atoms with E-state index in [4.69, 9.17) is 11.6 Å². The van der Waals surface area contributed by atoms with Crippen LogP contribution in [0, 0.1) is 5.95 Å².